The Hall–Kier alpha value is -3.80. The van der Waals surface area contributed by atoms with Crippen molar-refractivity contribution in [3.63, 3.8) is 0 Å². The fraction of sp³-hybridized carbons (Fsp3) is 0.500. The van der Waals surface area contributed by atoms with Crippen LogP contribution in [0.1, 0.15) is 47.3 Å². The first-order chi connectivity index (χ1) is 21.0. The number of anilines is 1. The Bertz CT molecular complexity index is 1700. The molecule has 11 nitrogen and oxygen atoms in total. The maximum absolute atomic E-state index is 14.0. The zero-order chi connectivity index (χ0) is 29.5. The van der Waals surface area contributed by atoms with E-state index in [9.17, 15) is 9.59 Å². The van der Waals surface area contributed by atoms with E-state index < -0.39 is 0 Å². The minimum atomic E-state index is -0.158. The molecule has 1 atom stereocenters. The third-order valence-electron chi connectivity index (χ3n) is 9.28. The van der Waals surface area contributed by atoms with Crippen LogP contribution in [0, 0.1) is 6.92 Å². The number of H-pyrrole nitrogens is 1. The molecule has 0 bridgehead atoms. The summed E-state index contributed by atoms with van der Waals surface area (Å²) >= 11 is 0. The highest BCUT2D eigenvalue weighted by Gasteiger charge is 2.30. The Morgan fingerprint density at radius 2 is 1.84 bits per heavy atom. The van der Waals surface area contributed by atoms with Crippen molar-refractivity contribution >= 4 is 33.5 Å². The molecule has 0 radical (unpaired) electrons. The normalized spacial score (nSPS) is 20.7. The molecular weight excluding hydrogens is 546 g/mol. The van der Waals surface area contributed by atoms with Crippen molar-refractivity contribution in [3.05, 3.63) is 63.7 Å². The van der Waals surface area contributed by atoms with Gasteiger partial charge in [-0.2, -0.15) is 5.10 Å². The van der Waals surface area contributed by atoms with Crippen LogP contribution in [0.3, 0.4) is 0 Å². The lowest BCUT2D eigenvalue weighted by molar-refractivity contribution is 0.0494. The molecule has 11 heteroatoms. The van der Waals surface area contributed by atoms with Gasteiger partial charge in [-0.25, -0.2) is 4.98 Å². The van der Waals surface area contributed by atoms with Crippen molar-refractivity contribution in [3.8, 4) is 0 Å². The molecule has 6 heterocycles. The third kappa shape index (κ3) is 5.30. The molecule has 0 unspecified atom stereocenters. The Morgan fingerprint density at radius 3 is 2.63 bits per heavy atom. The first-order valence-corrected chi connectivity index (χ1v) is 15.4. The summed E-state index contributed by atoms with van der Waals surface area (Å²) in [6.07, 6.45) is 5.20. The Labute approximate surface area is 250 Å². The highest BCUT2D eigenvalue weighted by molar-refractivity contribution is 6.07. The van der Waals surface area contributed by atoms with Gasteiger partial charge in [-0.15, -0.1) is 0 Å². The van der Waals surface area contributed by atoms with Gasteiger partial charge in [0.05, 0.1) is 41.9 Å². The fourth-order valence-electron chi connectivity index (χ4n) is 6.85. The van der Waals surface area contributed by atoms with E-state index in [-0.39, 0.29) is 23.6 Å². The van der Waals surface area contributed by atoms with Crippen LogP contribution in [-0.4, -0.2) is 101 Å². The highest BCUT2D eigenvalue weighted by Crippen LogP contribution is 2.31. The first kappa shape index (κ1) is 28.0. The number of benzene rings is 1. The number of nitrogens with one attached hydrogen (secondary N) is 1. The maximum Gasteiger partial charge on any atom is 0.259 e. The molecule has 3 aliphatic rings. The summed E-state index contributed by atoms with van der Waals surface area (Å²) in [4.78, 5) is 41.4. The van der Waals surface area contributed by atoms with Crippen molar-refractivity contribution in [2.24, 2.45) is 0 Å². The second-order valence-electron chi connectivity index (χ2n) is 12.0. The average molecular weight is 586 g/mol. The molecule has 3 fully saturated rings. The van der Waals surface area contributed by atoms with Crippen molar-refractivity contribution in [1.29, 1.82) is 0 Å². The van der Waals surface area contributed by atoms with Gasteiger partial charge in [-0.3, -0.25) is 19.2 Å². The Morgan fingerprint density at radius 1 is 1.05 bits per heavy atom. The maximum atomic E-state index is 14.0. The van der Waals surface area contributed by atoms with Gasteiger partial charge in [0.2, 0.25) is 0 Å². The lowest BCUT2D eigenvalue weighted by Gasteiger charge is -2.40. The van der Waals surface area contributed by atoms with Crippen molar-refractivity contribution in [2.75, 3.05) is 64.1 Å². The van der Waals surface area contributed by atoms with E-state index in [1.807, 2.05) is 40.9 Å². The molecule has 3 saturated heterocycles. The van der Waals surface area contributed by atoms with Crippen LogP contribution in [0.25, 0.3) is 21.8 Å². The molecule has 3 aliphatic heterocycles. The van der Waals surface area contributed by atoms with Crippen LogP contribution < -0.4 is 10.5 Å². The number of morpholine rings is 1. The predicted octanol–water partition coefficient (Wildman–Crippen LogP) is 3.12. The van der Waals surface area contributed by atoms with Gasteiger partial charge < -0.3 is 24.3 Å². The van der Waals surface area contributed by atoms with Gasteiger partial charge in [0.1, 0.15) is 5.82 Å². The molecule has 226 valence electrons. The number of aromatic amines is 1. The number of pyridine rings is 2. The second kappa shape index (κ2) is 11.7. The molecule has 0 saturated carbocycles. The van der Waals surface area contributed by atoms with E-state index in [1.165, 1.54) is 5.56 Å². The molecule has 4 aromatic rings. The van der Waals surface area contributed by atoms with Crippen LogP contribution in [0.2, 0.25) is 0 Å². The van der Waals surface area contributed by atoms with Gasteiger partial charge in [0.25, 0.3) is 11.5 Å². The number of piperazine rings is 1. The lowest BCUT2D eigenvalue weighted by Crippen LogP contribution is -2.53. The summed E-state index contributed by atoms with van der Waals surface area (Å²) < 4.78 is 13.1. The van der Waals surface area contributed by atoms with Gasteiger partial charge in [0.15, 0.2) is 0 Å². The number of aromatic nitrogens is 4. The van der Waals surface area contributed by atoms with E-state index in [0.29, 0.717) is 37.3 Å². The van der Waals surface area contributed by atoms with Gasteiger partial charge >= 0.3 is 0 Å². The van der Waals surface area contributed by atoms with E-state index in [4.69, 9.17) is 14.5 Å². The smallest absolute Gasteiger partial charge is 0.259 e. The van der Waals surface area contributed by atoms with Crippen LogP contribution in [0.15, 0.2) is 41.5 Å². The molecule has 1 amide bonds. The molecule has 3 aromatic heterocycles. The summed E-state index contributed by atoms with van der Waals surface area (Å²) in [6, 6.07) is 8.41. The van der Waals surface area contributed by atoms with Crippen LogP contribution >= 0.6 is 0 Å². The number of ether oxygens (including phenoxy) is 2. The lowest BCUT2D eigenvalue weighted by atomic mass is 10.0. The summed E-state index contributed by atoms with van der Waals surface area (Å²) in [5.41, 5.74) is 4.10. The van der Waals surface area contributed by atoms with Gasteiger partial charge in [-0.05, 0) is 50.5 Å². The second-order valence-corrected chi connectivity index (χ2v) is 12.0. The number of hydrogen-bond acceptors (Lipinski definition) is 8. The zero-order valence-electron chi connectivity index (χ0n) is 24.9. The number of aryl methyl sites for hydroxylation is 1. The molecule has 1 aromatic carbocycles. The topological polar surface area (TPSA) is 109 Å². The SMILES string of the molecule is Cc1cc2[nH]c(=O)c3cnn(C4CCOCC4)c3c2cc1C(=O)N1CCN(Cc2cccnc2N2CCOCC2)[C@@H](C)C1. The van der Waals surface area contributed by atoms with E-state index in [2.05, 4.69) is 32.9 Å². The third-order valence-corrected chi connectivity index (χ3v) is 9.28. The largest absolute Gasteiger partial charge is 0.381 e. The summed E-state index contributed by atoms with van der Waals surface area (Å²) in [5, 5.41) is 6.04. The van der Waals surface area contributed by atoms with Gasteiger partial charge in [0, 0.05) is 81.2 Å². The zero-order valence-corrected chi connectivity index (χ0v) is 24.9. The standard InChI is InChI=1S/C32H39N7O4/c1-21-16-28-26(29-27(31(40)35-28)18-34-39(29)24-5-12-42-13-6-24)17-25(21)32(41)38-9-8-37(22(2)19-38)20-23-4-3-7-33-30(23)36-10-14-43-15-11-36/h3-4,7,16-18,22,24H,5-6,8-15,19-20H2,1-2H3,(H,35,40)/t22-/m0/s1. The molecular formula is C32H39N7O4. The molecule has 0 aliphatic carbocycles. The van der Waals surface area contributed by atoms with Crippen LogP contribution in [0.5, 0.6) is 0 Å². The van der Waals surface area contributed by atoms with Crippen molar-refractivity contribution < 1.29 is 14.3 Å². The van der Waals surface area contributed by atoms with E-state index in [1.54, 1.807) is 6.20 Å². The molecule has 1 N–H and O–H groups in total. The van der Waals surface area contributed by atoms with E-state index in [0.717, 1.165) is 80.0 Å². The monoisotopic (exact) mass is 585 g/mol. The number of nitrogens with zero attached hydrogens (tertiary/aromatic N) is 6. The minimum absolute atomic E-state index is 0.0257. The van der Waals surface area contributed by atoms with Crippen molar-refractivity contribution in [1.82, 2.24) is 29.5 Å². The first-order valence-electron chi connectivity index (χ1n) is 15.4. The summed E-state index contributed by atoms with van der Waals surface area (Å²) in [7, 11) is 0. The fourth-order valence-corrected chi connectivity index (χ4v) is 6.85. The molecule has 43 heavy (non-hydrogen) atoms. The summed E-state index contributed by atoms with van der Waals surface area (Å²) in [5.74, 6) is 1.06. The van der Waals surface area contributed by atoms with Crippen LogP contribution in [0.4, 0.5) is 5.82 Å². The van der Waals surface area contributed by atoms with Gasteiger partial charge in [-0.1, -0.05) is 6.07 Å². The Kier molecular flexibility index (Phi) is 7.62. The average Bonchev–Trinajstić information content (AvgIpc) is 3.49. The Balaban J connectivity index is 1.13. The molecule has 7 rings (SSSR count). The van der Waals surface area contributed by atoms with E-state index >= 15 is 0 Å². The number of rotatable bonds is 5. The summed E-state index contributed by atoms with van der Waals surface area (Å²) in [6.45, 7) is 11.5. The number of carbonyl (C=O) groups is 1. The highest BCUT2D eigenvalue weighted by atomic mass is 16.5. The number of amides is 1. The number of fused-ring (bicyclic) bond motifs is 3. The quantitative estimate of drug-likeness (QED) is 0.381. The van der Waals surface area contributed by atoms with Crippen LogP contribution in [-0.2, 0) is 16.0 Å². The molecule has 0 spiro atoms. The number of carbonyl (C=O) groups excluding carboxylic acids is 1. The predicted molar refractivity (Wildman–Crippen MR) is 165 cm³/mol. The minimum Gasteiger partial charge on any atom is -0.381 e. The number of hydrogen-bond donors (Lipinski definition) is 1. The van der Waals surface area contributed by atoms with Crippen molar-refractivity contribution in [2.45, 2.75) is 45.3 Å².